The molecule has 1 atom stereocenters. The molecule has 6 heteroatoms. The molecule has 3 rings (SSSR count). The third kappa shape index (κ3) is 5.95. The lowest BCUT2D eigenvalue weighted by Crippen LogP contribution is -2.50. The van der Waals surface area contributed by atoms with E-state index >= 15 is 0 Å². The van der Waals surface area contributed by atoms with Crippen LogP contribution >= 0.6 is 0 Å². The first kappa shape index (κ1) is 24.4. The summed E-state index contributed by atoms with van der Waals surface area (Å²) >= 11 is 0. The summed E-state index contributed by atoms with van der Waals surface area (Å²) in [4.78, 5) is 19.9. The van der Waals surface area contributed by atoms with Crippen molar-refractivity contribution >= 4 is 6.03 Å². The number of methoxy groups -OCH3 is 1. The van der Waals surface area contributed by atoms with Crippen LogP contribution in [0.3, 0.4) is 0 Å². The number of amides is 2. The minimum Gasteiger partial charge on any atom is -0.497 e. The van der Waals surface area contributed by atoms with Crippen molar-refractivity contribution in [2.75, 3.05) is 40.3 Å². The van der Waals surface area contributed by atoms with Gasteiger partial charge in [0.15, 0.2) is 0 Å². The monoisotopic (exact) mass is 440 g/mol. The van der Waals surface area contributed by atoms with Crippen molar-refractivity contribution in [3.63, 3.8) is 0 Å². The number of carbonyl (C=O) groups is 1. The highest BCUT2D eigenvalue weighted by atomic mass is 16.5. The van der Waals surface area contributed by atoms with E-state index in [1.807, 2.05) is 34.1 Å². The summed E-state index contributed by atoms with van der Waals surface area (Å²) in [6, 6.07) is 10.7. The van der Waals surface area contributed by atoms with Crippen LogP contribution in [-0.2, 0) is 6.54 Å². The second kappa shape index (κ2) is 11.0. The average Bonchev–Trinajstić information content (AvgIpc) is 2.81. The van der Waals surface area contributed by atoms with E-state index in [1.165, 1.54) is 19.3 Å². The second-order valence-corrected chi connectivity index (χ2v) is 10.1. The molecule has 1 heterocycles. The molecule has 1 aliphatic heterocycles. The minimum absolute atomic E-state index is 0.118. The molecule has 1 saturated heterocycles. The Bertz CT molecular complexity index is 784. The van der Waals surface area contributed by atoms with Crippen molar-refractivity contribution in [1.29, 1.82) is 5.26 Å². The molecule has 1 aliphatic carbocycles. The Morgan fingerprint density at radius 2 is 1.88 bits per heavy atom. The van der Waals surface area contributed by atoms with Crippen molar-refractivity contribution in [2.24, 2.45) is 11.8 Å². The van der Waals surface area contributed by atoms with Crippen molar-refractivity contribution < 1.29 is 9.53 Å². The molecule has 1 aromatic rings. The Labute approximate surface area is 194 Å². The molecule has 2 aliphatic rings. The SMILES string of the molecule is COc1ccc(CN2CCCC(C#N)(N(C)CC(C)C)CCN(CC3CCC3)C2=O)cc1. The molecule has 2 amide bonds. The van der Waals surface area contributed by atoms with E-state index in [-0.39, 0.29) is 6.03 Å². The Hall–Kier alpha value is -2.26. The number of carbonyl (C=O) groups excluding carboxylic acids is 1. The summed E-state index contributed by atoms with van der Waals surface area (Å²) in [5, 5.41) is 10.3. The molecule has 0 spiro atoms. The van der Waals surface area contributed by atoms with Crippen LogP contribution in [0.1, 0.15) is 57.9 Å². The van der Waals surface area contributed by atoms with E-state index in [4.69, 9.17) is 4.74 Å². The summed E-state index contributed by atoms with van der Waals surface area (Å²) in [6.07, 6.45) is 6.01. The standard InChI is InChI=1S/C26H40N4O2/c1-21(2)17-28(3)26(20-27)13-6-15-29(19-23-9-11-24(32-4)12-10-23)25(31)30(16-14-26)18-22-7-5-8-22/h9-12,21-22H,5-8,13-19H2,1-4H3. The zero-order valence-electron chi connectivity index (χ0n) is 20.3. The molecule has 0 bridgehead atoms. The van der Waals surface area contributed by atoms with Crippen LogP contribution < -0.4 is 4.74 Å². The molecule has 0 N–H and O–H groups in total. The van der Waals surface area contributed by atoms with Gasteiger partial charge >= 0.3 is 6.03 Å². The third-order valence-corrected chi connectivity index (χ3v) is 7.17. The van der Waals surface area contributed by atoms with Crippen molar-refractivity contribution in [3.8, 4) is 11.8 Å². The number of hydrogen-bond acceptors (Lipinski definition) is 4. The van der Waals surface area contributed by atoms with Gasteiger partial charge in [0, 0.05) is 32.7 Å². The fraction of sp³-hybridized carbons (Fsp3) is 0.692. The smallest absolute Gasteiger partial charge is 0.320 e. The van der Waals surface area contributed by atoms with E-state index < -0.39 is 5.54 Å². The predicted molar refractivity (Wildman–Crippen MR) is 127 cm³/mol. The summed E-state index contributed by atoms with van der Waals surface area (Å²) in [7, 11) is 3.74. The lowest BCUT2D eigenvalue weighted by molar-refractivity contribution is 0.112. The number of benzene rings is 1. The highest BCUT2D eigenvalue weighted by Crippen LogP contribution is 2.31. The van der Waals surface area contributed by atoms with E-state index in [0.29, 0.717) is 37.9 Å². The molecular formula is C26H40N4O2. The minimum atomic E-state index is -0.515. The Kier molecular flexibility index (Phi) is 8.42. The number of urea groups is 1. The third-order valence-electron chi connectivity index (χ3n) is 7.17. The van der Waals surface area contributed by atoms with E-state index in [1.54, 1.807) is 7.11 Å². The van der Waals surface area contributed by atoms with E-state index in [0.717, 1.165) is 37.2 Å². The van der Waals surface area contributed by atoms with Crippen LogP contribution in [0.2, 0.25) is 0 Å². The molecule has 0 aromatic heterocycles. The second-order valence-electron chi connectivity index (χ2n) is 10.1. The topological polar surface area (TPSA) is 59.8 Å². The van der Waals surface area contributed by atoms with Crippen LogP contribution in [-0.4, -0.2) is 66.6 Å². The number of ether oxygens (including phenoxy) is 1. The zero-order valence-corrected chi connectivity index (χ0v) is 20.3. The highest BCUT2D eigenvalue weighted by molar-refractivity contribution is 5.74. The maximum atomic E-state index is 13.6. The van der Waals surface area contributed by atoms with Crippen molar-refractivity contribution in [3.05, 3.63) is 29.8 Å². The first-order chi connectivity index (χ1) is 15.4. The number of hydrogen-bond donors (Lipinski definition) is 0. The molecule has 1 saturated carbocycles. The van der Waals surface area contributed by atoms with Gasteiger partial charge in [-0.15, -0.1) is 0 Å². The van der Waals surface area contributed by atoms with Crippen LogP contribution in [0, 0.1) is 23.2 Å². The predicted octanol–water partition coefficient (Wildman–Crippen LogP) is 4.75. The lowest BCUT2D eigenvalue weighted by Gasteiger charge is -2.39. The van der Waals surface area contributed by atoms with Gasteiger partial charge in [0.25, 0.3) is 0 Å². The Morgan fingerprint density at radius 3 is 2.44 bits per heavy atom. The highest BCUT2D eigenvalue weighted by Gasteiger charge is 2.38. The van der Waals surface area contributed by atoms with Gasteiger partial charge < -0.3 is 14.5 Å². The lowest BCUT2D eigenvalue weighted by atomic mass is 9.84. The molecule has 32 heavy (non-hydrogen) atoms. The zero-order chi connectivity index (χ0) is 23.1. The van der Waals surface area contributed by atoms with Crippen molar-refractivity contribution in [1.82, 2.24) is 14.7 Å². The van der Waals surface area contributed by atoms with Gasteiger partial charge in [-0.05, 0) is 68.7 Å². The Morgan fingerprint density at radius 1 is 1.16 bits per heavy atom. The molecule has 0 radical (unpaired) electrons. The fourth-order valence-corrected chi connectivity index (χ4v) is 4.95. The van der Waals surface area contributed by atoms with Gasteiger partial charge in [0.1, 0.15) is 11.3 Å². The first-order valence-corrected chi connectivity index (χ1v) is 12.2. The largest absolute Gasteiger partial charge is 0.497 e. The van der Waals surface area contributed by atoms with Gasteiger partial charge in [-0.25, -0.2) is 4.79 Å². The molecule has 176 valence electrons. The Balaban J connectivity index is 1.80. The van der Waals surface area contributed by atoms with Crippen LogP contribution in [0.5, 0.6) is 5.75 Å². The van der Waals surface area contributed by atoms with Crippen LogP contribution in [0.4, 0.5) is 4.79 Å². The summed E-state index contributed by atoms with van der Waals surface area (Å²) in [5.41, 5.74) is 0.587. The maximum absolute atomic E-state index is 13.6. The normalized spacial score (nSPS) is 22.8. The number of nitriles is 1. The molecular weight excluding hydrogens is 400 g/mol. The quantitative estimate of drug-likeness (QED) is 0.585. The number of nitrogens with zero attached hydrogens (tertiary/aromatic N) is 4. The van der Waals surface area contributed by atoms with Gasteiger partial charge in [-0.3, -0.25) is 4.90 Å². The van der Waals surface area contributed by atoms with Gasteiger partial charge in [-0.2, -0.15) is 5.26 Å². The van der Waals surface area contributed by atoms with E-state index in [9.17, 15) is 10.1 Å². The van der Waals surface area contributed by atoms with Gasteiger partial charge in [0.2, 0.25) is 0 Å². The summed E-state index contributed by atoms with van der Waals surface area (Å²) in [5.74, 6) is 1.92. The molecule has 2 fully saturated rings. The molecule has 1 unspecified atom stereocenters. The van der Waals surface area contributed by atoms with Crippen molar-refractivity contribution in [2.45, 2.75) is 64.5 Å². The average molecular weight is 441 g/mol. The molecule has 6 nitrogen and oxygen atoms in total. The molecule has 1 aromatic carbocycles. The van der Waals surface area contributed by atoms with Gasteiger partial charge in [0.05, 0.1) is 13.2 Å². The van der Waals surface area contributed by atoms with Gasteiger partial charge in [-0.1, -0.05) is 32.4 Å². The van der Waals surface area contributed by atoms with E-state index in [2.05, 4.69) is 31.9 Å². The first-order valence-electron chi connectivity index (χ1n) is 12.2. The summed E-state index contributed by atoms with van der Waals surface area (Å²) < 4.78 is 5.27. The number of rotatable bonds is 8. The van der Waals surface area contributed by atoms with Crippen LogP contribution in [0.25, 0.3) is 0 Å². The van der Waals surface area contributed by atoms with Crippen LogP contribution in [0.15, 0.2) is 24.3 Å². The fourth-order valence-electron chi connectivity index (χ4n) is 4.95. The maximum Gasteiger partial charge on any atom is 0.320 e. The summed E-state index contributed by atoms with van der Waals surface area (Å²) in [6.45, 7) is 7.99.